The van der Waals surface area contributed by atoms with Crippen LogP contribution in [0.3, 0.4) is 0 Å². The number of carbonyl (C=O) groups is 2. The van der Waals surface area contributed by atoms with Crippen LogP contribution in [0.5, 0.6) is 0 Å². The molecule has 1 aliphatic heterocycles. The van der Waals surface area contributed by atoms with Gasteiger partial charge in [0.15, 0.2) is 0 Å². The van der Waals surface area contributed by atoms with Crippen LogP contribution >= 0.6 is 0 Å². The molecule has 156 valence electrons. The molecule has 0 bridgehead atoms. The summed E-state index contributed by atoms with van der Waals surface area (Å²) >= 11 is 0. The van der Waals surface area contributed by atoms with Gasteiger partial charge in [-0.1, -0.05) is 44.2 Å². The number of hydrogen-bond donors (Lipinski definition) is 4. The van der Waals surface area contributed by atoms with Gasteiger partial charge >= 0.3 is 5.97 Å². The van der Waals surface area contributed by atoms with E-state index in [0.717, 1.165) is 17.0 Å². The second kappa shape index (κ2) is 8.16. The number of benzene rings is 1. The predicted molar refractivity (Wildman–Crippen MR) is 112 cm³/mol. The predicted octanol–water partition coefficient (Wildman–Crippen LogP) is 2.88. The van der Waals surface area contributed by atoms with E-state index in [1.54, 1.807) is 23.5 Å². The first-order valence-electron chi connectivity index (χ1n) is 9.99. The van der Waals surface area contributed by atoms with Crippen molar-refractivity contribution in [2.24, 2.45) is 5.92 Å². The van der Waals surface area contributed by atoms with Crippen LogP contribution in [-0.4, -0.2) is 38.0 Å². The van der Waals surface area contributed by atoms with Gasteiger partial charge in [-0.3, -0.25) is 10.1 Å². The van der Waals surface area contributed by atoms with E-state index >= 15 is 0 Å². The minimum atomic E-state index is -1.05. The van der Waals surface area contributed by atoms with Crippen molar-refractivity contribution in [3.63, 3.8) is 0 Å². The lowest BCUT2D eigenvalue weighted by Crippen LogP contribution is -2.47. The number of hydrogen-bond acceptors (Lipinski definition) is 4. The quantitative estimate of drug-likeness (QED) is 0.502. The molecule has 0 radical (unpaired) electrons. The van der Waals surface area contributed by atoms with Crippen molar-refractivity contribution >= 4 is 17.6 Å². The zero-order valence-electron chi connectivity index (χ0n) is 16.9. The Hall–Kier alpha value is -3.39. The number of carbonyl (C=O) groups excluding carboxylic acids is 1. The van der Waals surface area contributed by atoms with Crippen LogP contribution in [0.4, 0.5) is 5.69 Å². The fraction of sp³-hybridized carbons (Fsp3) is 0.318. The molecule has 0 saturated carbocycles. The first-order valence-corrected chi connectivity index (χ1v) is 9.99. The number of fused-ring (bicyclic) bond motifs is 1. The Balaban J connectivity index is 1.79. The monoisotopic (exact) mass is 407 g/mol. The van der Waals surface area contributed by atoms with Gasteiger partial charge < -0.3 is 20.0 Å². The van der Waals surface area contributed by atoms with Crippen molar-refractivity contribution in [3.05, 3.63) is 71.6 Å². The van der Waals surface area contributed by atoms with Gasteiger partial charge in [-0.25, -0.2) is 9.78 Å². The number of anilines is 1. The van der Waals surface area contributed by atoms with Crippen molar-refractivity contribution in [3.8, 4) is 0 Å². The Morgan fingerprint density at radius 3 is 2.67 bits per heavy atom. The third-order valence-electron chi connectivity index (χ3n) is 5.43. The smallest absolute Gasteiger partial charge is 0.352 e. The van der Waals surface area contributed by atoms with E-state index in [2.05, 4.69) is 20.3 Å². The summed E-state index contributed by atoms with van der Waals surface area (Å²) in [6.07, 6.45) is 3.77. The standard InChI is InChI=1S/C22H25N5O3/c1-13(2)19-20-18(9-17(26-20)22(29)30)27(11-14-6-4-3-5-7-14)21(28)16(25-19)8-15-10-23-12-24-15/h3-7,9-10,12-13,16,19,25-26H,8,11H2,1-2H3,(H,23,24)(H,29,30)/t16-,19-/m0/s1. The number of rotatable bonds is 6. The maximum absolute atomic E-state index is 13.7. The number of nitrogens with one attached hydrogen (secondary N) is 3. The fourth-order valence-corrected chi connectivity index (χ4v) is 3.93. The highest BCUT2D eigenvalue weighted by Crippen LogP contribution is 2.36. The maximum atomic E-state index is 13.7. The van der Waals surface area contributed by atoms with Crippen molar-refractivity contribution < 1.29 is 14.7 Å². The molecule has 0 aliphatic carbocycles. The topological polar surface area (TPSA) is 114 Å². The van der Waals surface area contributed by atoms with Crippen LogP contribution in [-0.2, 0) is 17.8 Å². The van der Waals surface area contributed by atoms with Gasteiger partial charge in [-0.15, -0.1) is 0 Å². The van der Waals surface area contributed by atoms with Crippen molar-refractivity contribution in [1.29, 1.82) is 0 Å². The minimum absolute atomic E-state index is 0.0744. The number of aromatic amines is 2. The molecule has 0 spiro atoms. The van der Waals surface area contributed by atoms with Crippen LogP contribution in [0, 0.1) is 5.92 Å². The number of carboxylic acids is 1. The summed E-state index contributed by atoms with van der Waals surface area (Å²) in [6, 6.07) is 10.6. The molecule has 2 atom stereocenters. The molecule has 0 fully saturated rings. The Bertz CT molecular complexity index is 1030. The Morgan fingerprint density at radius 1 is 1.27 bits per heavy atom. The molecule has 8 nitrogen and oxygen atoms in total. The van der Waals surface area contributed by atoms with Crippen LogP contribution < -0.4 is 10.2 Å². The molecule has 3 heterocycles. The summed E-state index contributed by atoms with van der Waals surface area (Å²) in [5, 5.41) is 13.0. The molecule has 4 N–H and O–H groups in total. The second-order valence-corrected chi connectivity index (χ2v) is 7.92. The normalized spacial score (nSPS) is 19.0. The number of nitrogens with zero attached hydrogens (tertiary/aromatic N) is 2. The SMILES string of the molecule is CC(C)[C@@H]1N[C@@H](Cc2cnc[nH]2)C(=O)N(Cc2ccccc2)c2cc(C(=O)O)[nH]c21. The van der Waals surface area contributed by atoms with E-state index in [0.29, 0.717) is 18.7 Å². The molecule has 0 saturated heterocycles. The molecule has 0 unspecified atom stereocenters. The largest absolute Gasteiger partial charge is 0.477 e. The molecular weight excluding hydrogens is 382 g/mol. The third kappa shape index (κ3) is 3.86. The minimum Gasteiger partial charge on any atom is -0.477 e. The molecular formula is C22H25N5O3. The molecule has 2 aromatic heterocycles. The molecule has 4 rings (SSSR count). The summed E-state index contributed by atoms with van der Waals surface area (Å²) in [4.78, 5) is 37.1. The van der Waals surface area contributed by atoms with Gasteiger partial charge in [0.2, 0.25) is 5.91 Å². The number of H-pyrrole nitrogens is 2. The summed E-state index contributed by atoms with van der Waals surface area (Å²) in [7, 11) is 0. The van der Waals surface area contributed by atoms with E-state index in [-0.39, 0.29) is 23.6 Å². The van der Waals surface area contributed by atoms with E-state index in [9.17, 15) is 14.7 Å². The maximum Gasteiger partial charge on any atom is 0.352 e. The summed E-state index contributed by atoms with van der Waals surface area (Å²) in [5.74, 6) is -1.02. The Kier molecular flexibility index (Phi) is 5.41. The summed E-state index contributed by atoms with van der Waals surface area (Å²) in [6.45, 7) is 4.45. The average Bonchev–Trinajstić information content (AvgIpc) is 3.37. The zero-order valence-corrected chi connectivity index (χ0v) is 16.9. The lowest BCUT2D eigenvalue weighted by Gasteiger charge is -2.25. The van der Waals surface area contributed by atoms with Gasteiger partial charge in [0.1, 0.15) is 5.69 Å². The number of aromatic nitrogens is 3. The fourth-order valence-electron chi connectivity index (χ4n) is 3.93. The molecule has 30 heavy (non-hydrogen) atoms. The molecule has 1 aromatic carbocycles. The van der Waals surface area contributed by atoms with Gasteiger partial charge in [-0.05, 0) is 17.5 Å². The zero-order chi connectivity index (χ0) is 21.3. The Labute approximate surface area is 174 Å². The highest BCUT2D eigenvalue weighted by Gasteiger charge is 2.37. The van der Waals surface area contributed by atoms with E-state index in [1.807, 2.05) is 44.2 Å². The number of carboxylic acid groups (broad SMARTS) is 1. The molecule has 1 aliphatic rings. The molecule has 1 amide bonds. The van der Waals surface area contributed by atoms with Crippen LogP contribution in [0.15, 0.2) is 48.9 Å². The van der Waals surface area contributed by atoms with Crippen LogP contribution in [0.2, 0.25) is 0 Å². The summed E-state index contributed by atoms with van der Waals surface area (Å²) in [5.41, 5.74) is 3.24. The van der Waals surface area contributed by atoms with Crippen molar-refractivity contribution in [2.75, 3.05) is 4.90 Å². The van der Waals surface area contributed by atoms with Crippen molar-refractivity contribution in [2.45, 2.75) is 38.9 Å². The Morgan fingerprint density at radius 2 is 2.03 bits per heavy atom. The average molecular weight is 407 g/mol. The third-order valence-corrected chi connectivity index (χ3v) is 5.43. The summed E-state index contributed by atoms with van der Waals surface area (Å²) < 4.78 is 0. The first-order chi connectivity index (χ1) is 14.4. The van der Waals surface area contributed by atoms with E-state index in [4.69, 9.17) is 0 Å². The van der Waals surface area contributed by atoms with Crippen LogP contribution in [0.25, 0.3) is 0 Å². The first kappa shape index (κ1) is 19.9. The van der Waals surface area contributed by atoms with Gasteiger partial charge in [-0.2, -0.15) is 0 Å². The number of aromatic carboxylic acids is 1. The van der Waals surface area contributed by atoms with E-state index in [1.165, 1.54) is 0 Å². The van der Waals surface area contributed by atoms with Crippen LogP contribution in [0.1, 0.15) is 47.3 Å². The number of imidazole rings is 1. The lowest BCUT2D eigenvalue weighted by molar-refractivity contribution is -0.120. The van der Waals surface area contributed by atoms with Gasteiger partial charge in [0, 0.05) is 18.3 Å². The van der Waals surface area contributed by atoms with Gasteiger partial charge in [0.25, 0.3) is 0 Å². The van der Waals surface area contributed by atoms with Gasteiger partial charge in [0.05, 0.1) is 36.3 Å². The van der Waals surface area contributed by atoms with E-state index < -0.39 is 12.0 Å². The number of amides is 1. The lowest BCUT2D eigenvalue weighted by atomic mass is 9.99. The molecule has 3 aromatic rings. The second-order valence-electron chi connectivity index (χ2n) is 7.92. The highest BCUT2D eigenvalue weighted by atomic mass is 16.4. The van der Waals surface area contributed by atoms with Crippen molar-refractivity contribution in [1.82, 2.24) is 20.3 Å². The highest BCUT2D eigenvalue weighted by molar-refractivity contribution is 6.00. The molecule has 8 heteroatoms.